The van der Waals surface area contributed by atoms with Crippen molar-refractivity contribution in [3.63, 3.8) is 0 Å². The molecule has 0 saturated heterocycles. The molecule has 0 fully saturated rings. The molecule has 6 heteroatoms. The topological polar surface area (TPSA) is 0 Å². The Balaban J connectivity index is 4.01. The van der Waals surface area contributed by atoms with Crippen molar-refractivity contribution < 1.29 is 0 Å². The highest BCUT2D eigenvalue weighted by Crippen LogP contribution is 2.38. The van der Waals surface area contributed by atoms with E-state index in [2.05, 4.69) is 0 Å². The van der Waals surface area contributed by atoms with E-state index in [1.165, 1.54) is 0 Å². The normalized spacial score (nSPS) is 11.3. The molecule has 0 aromatic rings. The number of hydrogen-bond acceptors (Lipinski definition) is 0. The maximum absolute atomic E-state index is 5.56. The highest BCUT2D eigenvalue weighted by atomic mass is 35.5. The smallest absolute Gasteiger partial charge is 0.172 e. The summed E-state index contributed by atoms with van der Waals surface area (Å²) in [4.78, 5) is 0. The van der Waals surface area contributed by atoms with Crippen LogP contribution in [0.1, 0.15) is 13.8 Å². The van der Waals surface area contributed by atoms with Gasteiger partial charge in [-0.2, -0.15) is 45.8 Å². The molecule has 9 heavy (non-hydrogen) atoms. The summed E-state index contributed by atoms with van der Waals surface area (Å²) in [7, 11) is 0. The fraction of sp³-hybridized carbons (Fsp3) is 1.00. The molecular formula is C3H6B2Cl4. The lowest BCUT2D eigenvalue weighted by molar-refractivity contribution is 0.951. The molecule has 0 amide bonds. The van der Waals surface area contributed by atoms with E-state index in [1.807, 2.05) is 13.8 Å². The largest absolute Gasteiger partial charge is 0.352 e. The van der Waals surface area contributed by atoms with Crippen LogP contribution in [0.3, 0.4) is 0 Å². The molecule has 0 aromatic heterocycles. The standard InChI is InChI=1S/C3H6B2Cl4/c1-3(2,4(6)7)5(8)9/h1-2H3. The van der Waals surface area contributed by atoms with Crippen LogP contribution in [-0.2, 0) is 0 Å². The molecule has 0 N–H and O–H groups in total. The Labute approximate surface area is 76.0 Å². The summed E-state index contributed by atoms with van der Waals surface area (Å²) in [5.74, 6) is 0. The number of rotatable bonds is 2. The van der Waals surface area contributed by atoms with Crippen LogP contribution in [0.4, 0.5) is 0 Å². The third kappa shape index (κ3) is 2.80. The van der Waals surface area contributed by atoms with Crippen molar-refractivity contribution in [2.75, 3.05) is 0 Å². The fourth-order valence-corrected chi connectivity index (χ4v) is 0.857. The van der Waals surface area contributed by atoms with Gasteiger partial charge >= 0.3 is 11.1 Å². The van der Waals surface area contributed by atoms with E-state index >= 15 is 0 Å². The molecular weight excluding hydrogens is 199 g/mol. The van der Waals surface area contributed by atoms with Crippen molar-refractivity contribution in [1.29, 1.82) is 0 Å². The van der Waals surface area contributed by atoms with Crippen molar-refractivity contribution >= 4 is 56.9 Å². The molecule has 0 atom stereocenters. The van der Waals surface area contributed by atoms with Gasteiger partial charge < -0.3 is 0 Å². The zero-order chi connectivity index (χ0) is 7.65. The Morgan fingerprint density at radius 2 is 1.11 bits per heavy atom. The molecule has 0 heterocycles. The van der Waals surface area contributed by atoms with Crippen LogP contribution in [0.2, 0.25) is 5.21 Å². The molecule has 0 aliphatic rings. The van der Waals surface area contributed by atoms with E-state index in [0.29, 0.717) is 0 Å². The molecule has 0 saturated carbocycles. The summed E-state index contributed by atoms with van der Waals surface area (Å²) in [6, 6.07) is 0. The van der Waals surface area contributed by atoms with Gasteiger partial charge in [-0.1, -0.05) is 13.8 Å². The van der Waals surface area contributed by atoms with Crippen LogP contribution in [-0.4, -0.2) is 11.1 Å². The molecule has 0 aliphatic heterocycles. The Morgan fingerprint density at radius 3 is 1.11 bits per heavy atom. The molecule has 0 rings (SSSR count). The zero-order valence-corrected chi connectivity index (χ0v) is 8.19. The highest BCUT2D eigenvalue weighted by molar-refractivity contribution is 7.46. The van der Waals surface area contributed by atoms with Gasteiger partial charge in [0.25, 0.3) is 0 Å². The van der Waals surface area contributed by atoms with E-state index in [-0.39, 0.29) is 0 Å². The van der Waals surface area contributed by atoms with Crippen LogP contribution in [0, 0.1) is 0 Å². The molecule has 0 nitrogen and oxygen atoms in total. The van der Waals surface area contributed by atoms with E-state index in [0.717, 1.165) is 0 Å². The van der Waals surface area contributed by atoms with Gasteiger partial charge in [0.05, 0.1) is 0 Å². The van der Waals surface area contributed by atoms with Gasteiger partial charge in [0.2, 0.25) is 0 Å². The molecule has 0 unspecified atom stereocenters. The van der Waals surface area contributed by atoms with Crippen molar-refractivity contribution in [2.45, 2.75) is 19.1 Å². The SMILES string of the molecule is CC(C)(B(Cl)Cl)B(Cl)Cl. The molecule has 0 aromatic carbocycles. The van der Waals surface area contributed by atoms with Gasteiger partial charge in [-0.25, -0.2) is 0 Å². The van der Waals surface area contributed by atoms with E-state index in [9.17, 15) is 0 Å². The molecule has 52 valence electrons. The Bertz CT molecular complexity index is 81.8. The second kappa shape index (κ2) is 3.61. The minimum Gasteiger partial charge on any atom is -0.172 e. The van der Waals surface area contributed by atoms with Crippen molar-refractivity contribution in [2.24, 2.45) is 0 Å². The first-order valence-corrected chi connectivity index (χ1v) is 4.20. The maximum atomic E-state index is 5.56. The van der Waals surface area contributed by atoms with E-state index in [4.69, 9.17) is 45.8 Å². The summed E-state index contributed by atoms with van der Waals surface area (Å²) in [5.41, 5.74) is -1.06. The first kappa shape index (κ1) is 10.3. The Kier molecular flexibility index (Phi) is 4.13. The average Bonchev–Trinajstić information content (AvgIpc) is 1.65. The third-order valence-corrected chi connectivity index (χ3v) is 3.37. The van der Waals surface area contributed by atoms with Crippen LogP contribution in [0.5, 0.6) is 0 Å². The van der Waals surface area contributed by atoms with Gasteiger partial charge in [-0.15, -0.1) is 0 Å². The quantitative estimate of drug-likeness (QED) is 0.607. The molecule has 0 aliphatic carbocycles. The van der Waals surface area contributed by atoms with Gasteiger partial charge in [0.15, 0.2) is 0 Å². The Hall–Kier alpha value is 1.29. The summed E-state index contributed by atoms with van der Waals surface area (Å²) in [6.07, 6.45) is 0. The van der Waals surface area contributed by atoms with Crippen molar-refractivity contribution in [3.8, 4) is 0 Å². The first-order valence-electron chi connectivity index (χ1n) is 2.45. The summed E-state index contributed by atoms with van der Waals surface area (Å²) in [6.45, 7) is 3.62. The van der Waals surface area contributed by atoms with Crippen LogP contribution in [0.15, 0.2) is 0 Å². The monoisotopic (exact) mass is 204 g/mol. The molecule has 0 spiro atoms. The zero-order valence-electron chi connectivity index (χ0n) is 5.17. The maximum Gasteiger partial charge on any atom is 0.352 e. The number of halogens is 4. The van der Waals surface area contributed by atoms with E-state index < -0.39 is 16.3 Å². The lowest BCUT2D eigenvalue weighted by atomic mass is 9.54. The second-order valence-corrected chi connectivity index (χ2v) is 4.62. The van der Waals surface area contributed by atoms with Crippen LogP contribution in [0.25, 0.3) is 0 Å². The predicted octanol–water partition coefficient (Wildman–Crippen LogP) is 3.24. The summed E-state index contributed by atoms with van der Waals surface area (Å²) >= 11 is 22.2. The fourth-order valence-electron chi connectivity index (χ4n) is 0.0952. The Morgan fingerprint density at radius 1 is 0.889 bits per heavy atom. The van der Waals surface area contributed by atoms with Crippen molar-refractivity contribution in [1.82, 2.24) is 0 Å². The van der Waals surface area contributed by atoms with Crippen LogP contribution < -0.4 is 0 Å². The average molecular weight is 206 g/mol. The van der Waals surface area contributed by atoms with Gasteiger partial charge in [-0.05, 0) is 5.21 Å². The van der Waals surface area contributed by atoms with Gasteiger partial charge in [-0.3, -0.25) is 0 Å². The van der Waals surface area contributed by atoms with Crippen LogP contribution >= 0.6 is 45.8 Å². The summed E-state index contributed by atoms with van der Waals surface area (Å²) in [5, 5.41) is -0.438. The lowest BCUT2D eigenvalue weighted by Crippen LogP contribution is -2.27. The second-order valence-electron chi connectivity index (χ2n) is 2.42. The van der Waals surface area contributed by atoms with E-state index in [1.54, 1.807) is 0 Å². The predicted molar refractivity (Wildman–Crippen MR) is 49.0 cm³/mol. The first-order chi connectivity index (χ1) is 3.89. The lowest BCUT2D eigenvalue weighted by Gasteiger charge is -2.21. The third-order valence-electron chi connectivity index (χ3n) is 1.12. The summed E-state index contributed by atoms with van der Waals surface area (Å²) < 4.78 is 0. The number of hydrogen-bond donors (Lipinski definition) is 0. The van der Waals surface area contributed by atoms with Crippen molar-refractivity contribution in [3.05, 3.63) is 0 Å². The highest BCUT2D eigenvalue weighted by Gasteiger charge is 2.39. The van der Waals surface area contributed by atoms with Gasteiger partial charge in [0, 0.05) is 0 Å². The molecule has 0 bridgehead atoms. The minimum atomic E-state index is -0.530. The van der Waals surface area contributed by atoms with Gasteiger partial charge in [0.1, 0.15) is 0 Å². The molecule has 0 radical (unpaired) electrons. The minimum absolute atomic E-state index is 0.438.